The SMILES string of the molecule is CCNc1cc(C)nc(Nc2ccc(NC(=O)[C@H](C)Oc3ccccc3)cc2)n1. The van der Waals surface area contributed by atoms with E-state index in [4.69, 9.17) is 4.74 Å². The topological polar surface area (TPSA) is 88.2 Å². The molecule has 3 rings (SSSR count). The Bertz CT molecular complexity index is 945. The standard InChI is InChI=1S/C22H25N5O2/c1-4-23-20-14-15(2)24-22(27-20)26-18-12-10-17(11-13-18)25-21(28)16(3)29-19-8-6-5-7-9-19/h5-14,16H,4H2,1-3H3,(H,25,28)(H2,23,24,26,27)/t16-/m0/s1. The molecule has 0 aliphatic carbocycles. The van der Waals surface area contributed by atoms with Gasteiger partial charge in [0.15, 0.2) is 6.10 Å². The van der Waals surface area contributed by atoms with Crippen molar-refractivity contribution in [1.82, 2.24) is 9.97 Å². The van der Waals surface area contributed by atoms with E-state index in [2.05, 4.69) is 25.9 Å². The molecule has 150 valence electrons. The molecule has 0 unspecified atom stereocenters. The average molecular weight is 391 g/mol. The van der Waals surface area contributed by atoms with Crippen LogP contribution in [0, 0.1) is 6.92 Å². The summed E-state index contributed by atoms with van der Waals surface area (Å²) in [6.45, 7) is 6.44. The number of aryl methyl sites for hydroxylation is 1. The molecule has 0 fully saturated rings. The monoisotopic (exact) mass is 391 g/mol. The number of anilines is 4. The van der Waals surface area contributed by atoms with Crippen LogP contribution < -0.4 is 20.7 Å². The molecule has 7 nitrogen and oxygen atoms in total. The van der Waals surface area contributed by atoms with E-state index in [1.807, 2.05) is 74.5 Å². The zero-order chi connectivity index (χ0) is 20.6. The van der Waals surface area contributed by atoms with Crippen LogP contribution in [0.15, 0.2) is 60.7 Å². The molecule has 0 saturated carbocycles. The van der Waals surface area contributed by atoms with E-state index >= 15 is 0 Å². The van der Waals surface area contributed by atoms with Gasteiger partial charge in [-0.25, -0.2) is 4.98 Å². The quantitative estimate of drug-likeness (QED) is 0.529. The Morgan fingerprint density at radius 1 is 1.03 bits per heavy atom. The van der Waals surface area contributed by atoms with Gasteiger partial charge < -0.3 is 20.7 Å². The normalized spacial score (nSPS) is 11.4. The number of hydrogen-bond acceptors (Lipinski definition) is 6. The molecule has 7 heteroatoms. The number of nitrogens with one attached hydrogen (secondary N) is 3. The zero-order valence-corrected chi connectivity index (χ0v) is 16.8. The van der Waals surface area contributed by atoms with Gasteiger partial charge in [-0.3, -0.25) is 4.79 Å². The molecule has 3 aromatic rings. The second-order valence-corrected chi connectivity index (χ2v) is 6.51. The molecule has 29 heavy (non-hydrogen) atoms. The van der Waals surface area contributed by atoms with Gasteiger partial charge in [-0.1, -0.05) is 18.2 Å². The van der Waals surface area contributed by atoms with Crippen molar-refractivity contribution in [1.29, 1.82) is 0 Å². The molecular weight excluding hydrogens is 366 g/mol. The summed E-state index contributed by atoms with van der Waals surface area (Å²) in [5.74, 6) is 1.73. The van der Waals surface area contributed by atoms with Crippen LogP contribution >= 0.6 is 0 Å². The first-order chi connectivity index (χ1) is 14.0. The lowest BCUT2D eigenvalue weighted by Gasteiger charge is -2.15. The second kappa shape index (κ2) is 9.54. The van der Waals surface area contributed by atoms with E-state index in [1.54, 1.807) is 6.92 Å². The molecule has 0 saturated heterocycles. The van der Waals surface area contributed by atoms with Crippen LogP contribution in [0.3, 0.4) is 0 Å². The van der Waals surface area contributed by atoms with E-state index in [0.29, 0.717) is 17.4 Å². The van der Waals surface area contributed by atoms with E-state index in [1.165, 1.54) is 0 Å². The van der Waals surface area contributed by atoms with Crippen LogP contribution in [-0.2, 0) is 4.79 Å². The minimum Gasteiger partial charge on any atom is -0.481 e. The van der Waals surface area contributed by atoms with E-state index < -0.39 is 6.10 Å². The van der Waals surface area contributed by atoms with Crippen molar-refractivity contribution in [3.8, 4) is 5.75 Å². The fourth-order valence-corrected chi connectivity index (χ4v) is 2.66. The minimum atomic E-state index is -0.611. The molecular formula is C22H25N5O2. The van der Waals surface area contributed by atoms with Crippen molar-refractivity contribution in [2.24, 2.45) is 0 Å². The third-order valence-corrected chi connectivity index (χ3v) is 4.05. The number of hydrogen-bond donors (Lipinski definition) is 3. The molecule has 0 bridgehead atoms. The molecule has 1 heterocycles. The van der Waals surface area contributed by atoms with Crippen molar-refractivity contribution in [3.05, 3.63) is 66.4 Å². The highest BCUT2D eigenvalue weighted by Crippen LogP contribution is 2.19. The predicted molar refractivity (Wildman–Crippen MR) is 116 cm³/mol. The van der Waals surface area contributed by atoms with Gasteiger partial charge in [0.25, 0.3) is 5.91 Å². The van der Waals surface area contributed by atoms with Crippen LogP contribution in [0.2, 0.25) is 0 Å². The molecule has 0 aliphatic rings. The number of benzene rings is 2. The van der Waals surface area contributed by atoms with Crippen molar-refractivity contribution < 1.29 is 9.53 Å². The van der Waals surface area contributed by atoms with Gasteiger partial charge >= 0.3 is 0 Å². The summed E-state index contributed by atoms with van der Waals surface area (Å²) in [6, 6.07) is 18.5. The maximum absolute atomic E-state index is 12.4. The molecule has 0 radical (unpaired) electrons. The molecule has 0 aliphatic heterocycles. The van der Waals surface area contributed by atoms with Crippen molar-refractivity contribution in [3.63, 3.8) is 0 Å². The summed E-state index contributed by atoms with van der Waals surface area (Å²) in [4.78, 5) is 21.2. The fourth-order valence-electron chi connectivity index (χ4n) is 2.66. The highest BCUT2D eigenvalue weighted by molar-refractivity contribution is 5.94. The van der Waals surface area contributed by atoms with Gasteiger partial charge in [-0.05, 0) is 57.2 Å². The Balaban J connectivity index is 1.59. The van der Waals surface area contributed by atoms with Crippen molar-refractivity contribution in [2.45, 2.75) is 26.9 Å². The van der Waals surface area contributed by atoms with Gasteiger partial charge in [-0.15, -0.1) is 0 Å². The lowest BCUT2D eigenvalue weighted by molar-refractivity contribution is -0.122. The predicted octanol–water partition coefficient (Wildman–Crippen LogP) is 4.37. The number of amides is 1. The molecule has 1 amide bonds. The number of rotatable bonds is 8. The third-order valence-electron chi connectivity index (χ3n) is 4.05. The second-order valence-electron chi connectivity index (χ2n) is 6.51. The molecule has 1 atom stereocenters. The van der Waals surface area contributed by atoms with Crippen LogP contribution in [0.25, 0.3) is 0 Å². The number of ether oxygens (including phenoxy) is 1. The number of carbonyl (C=O) groups excluding carboxylic acids is 1. The Labute approximate surface area is 170 Å². The Morgan fingerprint density at radius 3 is 2.41 bits per heavy atom. The fraction of sp³-hybridized carbons (Fsp3) is 0.227. The van der Waals surface area contributed by atoms with Crippen LogP contribution in [0.4, 0.5) is 23.1 Å². The maximum Gasteiger partial charge on any atom is 0.265 e. The molecule has 0 spiro atoms. The van der Waals surface area contributed by atoms with Gasteiger partial charge in [0, 0.05) is 29.7 Å². The van der Waals surface area contributed by atoms with Crippen molar-refractivity contribution >= 4 is 29.0 Å². The number of nitrogens with zero attached hydrogens (tertiary/aromatic N) is 2. The molecule has 3 N–H and O–H groups in total. The molecule has 1 aromatic heterocycles. The minimum absolute atomic E-state index is 0.216. The first-order valence-electron chi connectivity index (χ1n) is 9.52. The highest BCUT2D eigenvalue weighted by Gasteiger charge is 2.14. The summed E-state index contributed by atoms with van der Waals surface area (Å²) in [5.41, 5.74) is 2.38. The zero-order valence-electron chi connectivity index (χ0n) is 16.8. The summed E-state index contributed by atoms with van der Waals surface area (Å²) < 4.78 is 5.65. The number of para-hydroxylation sites is 1. The van der Waals surface area contributed by atoms with Crippen molar-refractivity contribution in [2.75, 3.05) is 22.5 Å². The van der Waals surface area contributed by atoms with Gasteiger partial charge in [0.05, 0.1) is 0 Å². The number of carbonyl (C=O) groups is 1. The summed E-state index contributed by atoms with van der Waals surface area (Å²) in [7, 11) is 0. The van der Waals surface area contributed by atoms with E-state index in [0.717, 1.165) is 23.7 Å². The highest BCUT2D eigenvalue weighted by atomic mass is 16.5. The van der Waals surface area contributed by atoms with E-state index in [9.17, 15) is 4.79 Å². The van der Waals surface area contributed by atoms with Gasteiger partial charge in [0.2, 0.25) is 5.95 Å². The van der Waals surface area contributed by atoms with Gasteiger partial charge in [0.1, 0.15) is 11.6 Å². The first kappa shape index (κ1) is 20.1. The Hall–Kier alpha value is -3.61. The van der Waals surface area contributed by atoms with Crippen LogP contribution in [0.1, 0.15) is 19.5 Å². The summed E-state index contributed by atoms with van der Waals surface area (Å²) in [6.07, 6.45) is -0.611. The van der Waals surface area contributed by atoms with Crippen LogP contribution in [0.5, 0.6) is 5.75 Å². The average Bonchev–Trinajstić information content (AvgIpc) is 2.70. The summed E-state index contributed by atoms with van der Waals surface area (Å²) in [5, 5.41) is 9.22. The maximum atomic E-state index is 12.4. The number of aromatic nitrogens is 2. The van der Waals surface area contributed by atoms with Gasteiger partial charge in [-0.2, -0.15) is 4.98 Å². The Morgan fingerprint density at radius 2 is 1.72 bits per heavy atom. The lowest BCUT2D eigenvalue weighted by atomic mass is 10.2. The first-order valence-corrected chi connectivity index (χ1v) is 9.52. The third kappa shape index (κ3) is 5.93. The van der Waals surface area contributed by atoms with E-state index in [-0.39, 0.29) is 5.91 Å². The Kier molecular flexibility index (Phi) is 6.63. The summed E-state index contributed by atoms with van der Waals surface area (Å²) >= 11 is 0. The lowest BCUT2D eigenvalue weighted by Crippen LogP contribution is -2.30. The van der Waals surface area contributed by atoms with Crippen LogP contribution in [-0.4, -0.2) is 28.5 Å². The molecule has 2 aromatic carbocycles. The largest absolute Gasteiger partial charge is 0.481 e. The smallest absolute Gasteiger partial charge is 0.265 e.